The van der Waals surface area contributed by atoms with Gasteiger partial charge in [0.2, 0.25) is 0 Å². The van der Waals surface area contributed by atoms with Crippen molar-refractivity contribution in [2.75, 3.05) is 19.5 Å². The minimum absolute atomic E-state index is 0.0456. The highest BCUT2D eigenvalue weighted by Crippen LogP contribution is 2.19. The fourth-order valence-corrected chi connectivity index (χ4v) is 2.80. The van der Waals surface area contributed by atoms with Gasteiger partial charge in [0.25, 0.3) is 0 Å². The molecule has 7 heteroatoms. The Morgan fingerprint density at radius 2 is 1.78 bits per heavy atom. The number of amides is 1. The molecule has 1 amide bonds. The molecule has 1 aromatic carbocycles. The van der Waals surface area contributed by atoms with E-state index in [0.717, 1.165) is 5.56 Å². The van der Waals surface area contributed by atoms with Gasteiger partial charge in [0.15, 0.2) is 9.84 Å². The van der Waals surface area contributed by atoms with Gasteiger partial charge in [-0.15, -0.1) is 0 Å². The quantitative estimate of drug-likeness (QED) is 0.859. The normalized spacial score (nSPS) is 13.4. The van der Waals surface area contributed by atoms with Gasteiger partial charge in [0, 0.05) is 7.11 Å². The van der Waals surface area contributed by atoms with E-state index in [1.54, 1.807) is 39.8 Å². The topological polar surface area (TPSA) is 81.7 Å². The molecule has 1 unspecified atom stereocenters. The van der Waals surface area contributed by atoms with E-state index in [2.05, 4.69) is 5.32 Å². The molecule has 0 fully saturated rings. The van der Waals surface area contributed by atoms with Crippen molar-refractivity contribution in [1.29, 1.82) is 0 Å². The number of carbonyl (C=O) groups is 1. The lowest BCUT2D eigenvalue weighted by Crippen LogP contribution is -2.36. The fraction of sp³-hybridized carbons (Fsp3) is 0.562. The van der Waals surface area contributed by atoms with Gasteiger partial charge < -0.3 is 14.8 Å². The minimum Gasteiger partial charge on any atom is -0.444 e. The van der Waals surface area contributed by atoms with Crippen molar-refractivity contribution in [3.8, 4) is 0 Å². The third kappa shape index (κ3) is 6.19. The lowest BCUT2D eigenvalue weighted by atomic mass is 10.1. The van der Waals surface area contributed by atoms with Crippen molar-refractivity contribution in [3.63, 3.8) is 0 Å². The standard InChI is InChI=1S/C16H25NO5S/c1-6-23(19,20)13-9-7-12(8-10-13)14(11-21-5)17-15(18)22-16(2,3)4/h7-10,14H,6,11H2,1-5H3,(H,17,18). The number of hydrogen-bond acceptors (Lipinski definition) is 5. The molecular formula is C16H25NO5S. The predicted molar refractivity (Wildman–Crippen MR) is 88.2 cm³/mol. The summed E-state index contributed by atoms with van der Waals surface area (Å²) in [6.07, 6.45) is -0.551. The largest absolute Gasteiger partial charge is 0.444 e. The zero-order chi connectivity index (χ0) is 17.7. The molecule has 0 radical (unpaired) electrons. The van der Waals surface area contributed by atoms with E-state index in [9.17, 15) is 13.2 Å². The van der Waals surface area contributed by atoms with Gasteiger partial charge in [-0.3, -0.25) is 0 Å². The van der Waals surface area contributed by atoms with Gasteiger partial charge in [-0.05, 0) is 38.5 Å². The Balaban J connectivity index is 2.92. The minimum atomic E-state index is -3.24. The van der Waals surface area contributed by atoms with Crippen LogP contribution in [0.25, 0.3) is 0 Å². The van der Waals surface area contributed by atoms with Crippen molar-refractivity contribution in [3.05, 3.63) is 29.8 Å². The van der Waals surface area contributed by atoms with Crippen molar-refractivity contribution in [2.45, 2.75) is 44.2 Å². The fourth-order valence-electron chi connectivity index (χ4n) is 1.91. The van der Waals surface area contributed by atoms with E-state index in [-0.39, 0.29) is 17.3 Å². The monoisotopic (exact) mass is 343 g/mol. The number of nitrogens with one attached hydrogen (secondary N) is 1. The molecule has 0 aliphatic carbocycles. The summed E-state index contributed by atoms with van der Waals surface area (Å²) < 4.78 is 34.0. The van der Waals surface area contributed by atoms with Gasteiger partial charge in [-0.2, -0.15) is 0 Å². The van der Waals surface area contributed by atoms with Gasteiger partial charge in [0.05, 0.1) is 23.3 Å². The lowest BCUT2D eigenvalue weighted by Gasteiger charge is -2.23. The Labute approximate surface area is 138 Å². The summed E-state index contributed by atoms with van der Waals surface area (Å²) in [4.78, 5) is 12.2. The maximum Gasteiger partial charge on any atom is 0.408 e. The number of benzene rings is 1. The number of hydrogen-bond donors (Lipinski definition) is 1. The third-order valence-electron chi connectivity index (χ3n) is 3.05. The maximum atomic E-state index is 11.9. The van der Waals surface area contributed by atoms with Crippen LogP contribution in [-0.2, 0) is 19.3 Å². The third-order valence-corrected chi connectivity index (χ3v) is 4.80. The number of alkyl carbamates (subject to hydrolysis) is 1. The van der Waals surface area contributed by atoms with Gasteiger partial charge >= 0.3 is 6.09 Å². The van der Waals surface area contributed by atoms with Crippen LogP contribution in [0.2, 0.25) is 0 Å². The van der Waals surface area contributed by atoms with E-state index >= 15 is 0 Å². The van der Waals surface area contributed by atoms with E-state index in [4.69, 9.17) is 9.47 Å². The van der Waals surface area contributed by atoms with Crippen LogP contribution in [0.5, 0.6) is 0 Å². The van der Waals surface area contributed by atoms with Crippen LogP contribution in [0.15, 0.2) is 29.2 Å². The van der Waals surface area contributed by atoms with Crippen LogP contribution >= 0.6 is 0 Å². The highest BCUT2D eigenvalue weighted by atomic mass is 32.2. The Morgan fingerprint density at radius 1 is 1.22 bits per heavy atom. The van der Waals surface area contributed by atoms with Crippen molar-refractivity contribution in [1.82, 2.24) is 5.32 Å². The second kappa shape index (κ2) is 7.79. The number of methoxy groups -OCH3 is 1. The van der Waals surface area contributed by atoms with Gasteiger partial charge in [-0.1, -0.05) is 19.1 Å². The molecular weight excluding hydrogens is 318 g/mol. The molecule has 0 saturated heterocycles. The molecule has 1 N–H and O–H groups in total. The second-order valence-electron chi connectivity index (χ2n) is 6.13. The van der Waals surface area contributed by atoms with Crippen molar-refractivity contribution < 1.29 is 22.7 Å². The molecule has 130 valence electrons. The highest BCUT2D eigenvalue weighted by molar-refractivity contribution is 7.91. The number of carbonyl (C=O) groups excluding carboxylic acids is 1. The van der Waals surface area contributed by atoms with E-state index in [1.807, 2.05) is 0 Å². The van der Waals surface area contributed by atoms with Crippen LogP contribution < -0.4 is 5.32 Å². The number of rotatable bonds is 6. The predicted octanol–water partition coefficient (Wildman–Crippen LogP) is 2.69. The van der Waals surface area contributed by atoms with Crippen LogP contribution in [0.1, 0.15) is 39.3 Å². The summed E-state index contributed by atoms with van der Waals surface area (Å²) in [6.45, 7) is 7.19. The maximum absolute atomic E-state index is 11.9. The Kier molecular flexibility index (Phi) is 6.58. The first-order valence-corrected chi connectivity index (χ1v) is 9.05. The Hall–Kier alpha value is -1.60. The SMILES string of the molecule is CCS(=O)(=O)c1ccc(C(COC)NC(=O)OC(C)(C)C)cc1. The average Bonchev–Trinajstić information content (AvgIpc) is 2.45. The second-order valence-corrected chi connectivity index (χ2v) is 8.40. The van der Waals surface area contributed by atoms with E-state index < -0.39 is 27.6 Å². The van der Waals surface area contributed by atoms with Gasteiger partial charge in [-0.25, -0.2) is 13.2 Å². The summed E-state index contributed by atoms with van der Waals surface area (Å²) in [5, 5.41) is 2.73. The molecule has 1 atom stereocenters. The number of sulfone groups is 1. The molecule has 0 saturated carbocycles. The lowest BCUT2D eigenvalue weighted by molar-refractivity contribution is 0.0468. The van der Waals surface area contributed by atoms with Crippen molar-refractivity contribution >= 4 is 15.9 Å². The Morgan fingerprint density at radius 3 is 2.22 bits per heavy atom. The molecule has 23 heavy (non-hydrogen) atoms. The van der Waals surface area contributed by atoms with Crippen LogP contribution in [0.3, 0.4) is 0 Å². The van der Waals surface area contributed by atoms with Crippen LogP contribution in [0.4, 0.5) is 4.79 Å². The highest BCUT2D eigenvalue weighted by Gasteiger charge is 2.21. The number of ether oxygens (including phenoxy) is 2. The first-order chi connectivity index (χ1) is 10.6. The van der Waals surface area contributed by atoms with E-state index in [1.165, 1.54) is 19.2 Å². The molecule has 1 aromatic rings. The van der Waals surface area contributed by atoms with Gasteiger partial charge in [0.1, 0.15) is 5.60 Å². The first kappa shape index (κ1) is 19.4. The Bertz CT molecular complexity index is 617. The van der Waals surface area contributed by atoms with Crippen LogP contribution in [0, 0.1) is 0 Å². The zero-order valence-corrected chi connectivity index (χ0v) is 15.1. The molecule has 6 nitrogen and oxygen atoms in total. The van der Waals surface area contributed by atoms with E-state index in [0.29, 0.717) is 0 Å². The van der Waals surface area contributed by atoms with Crippen molar-refractivity contribution in [2.24, 2.45) is 0 Å². The summed E-state index contributed by atoms with van der Waals surface area (Å²) in [5.74, 6) is 0.0456. The molecule has 0 heterocycles. The molecule has 0 aliphatic rings. The molecule has 0 aromatic heterocycles. The summed E-state index contributed by atoms with van der Waals surface area (Å²) >= 11 is 0. The zero-order valence-electron chi connectivity index (χ0n) is 14.3. The summed E-state index contributed by atoms with van der Waals surface area (Å²) in [7, 11) is -1.72. The molecule has 1 rings (SSSR count). The molecule has 0 aliphatic heterocycles. The summed E-state index contributed by atoms with van der Waals surface area (Å²) in [5.41, 5.74) is 0.147. The first-order valence-electron chi connectivity index (χ1n) is 7.40. The molecule has 0 bridgehead atoms. The molecule has 0 spiro atoms. The smallest absolute Gasteiger partial charge is 0.408 e. The summed E-state index contributed by atoms with van der Waals surface area (Å²) in [6, 6.07) is 5.99. The average molecular weight is 343 g/mol. The van der Waals surface area contributed by atoms with Crippen LogP contribution in [-0.4, -0.2) is 39.6 Å².